The number of carbonyl (C=O) groups is 2. The lowest BCUT2D eigenvalue weighted by Crippen LogP contribution is -2.36. The Labute approximate surface area is 142 Å². The van der Waals surface area contributed by atoms with Gasteiger partial charge in [-0.25, -0.2) is 0 Å². The van der Waals surface area contributed by atoms with Crippen LogP contribution >= 0.6 is 0 Å². The number of fused-ring (bicyclic) bond motifs is 1. The molecule has 1 aliphatic heterocycles. The maximum atomic E-state index is 12.5. The molecule has 0 fully saturated rings. The number of nitrogens with one attached hydrogen (secondary N) is 1. The highest BCUT2D eigenvalue weighted by Crippen LogP contribution is 2.40. The molecule has 2 aromatic carbocycles. The summed E-state index contributed by atoms with van der Waals surface area (Å²) in [6.07, 6.45) is -0.489. The standard InChI is InChI=1S/C17H14N2O6/c1-25-12-6-7-14-13(8-12)17(22,16(21)18-14)9-15(20)10-2-4-11(5-3-10)19(23)24/h2-8,22H,9H2,1H3,(H,18,21). The number of non-ortho nitro benzene ring substituents is 1. The van der Waals surface area contributed by atoms with Gasteiger partial charge in [0.25, 0.3) is 11.6 Å². The van der Waals surface area contributed by atoms with E-state index in [0.717, 1.165) is 0 Å². The van der Waals surface area contributed by atoms with Crippen LogP contribution in [0.5, 0.6) is 5.75 Å². The van der Waals surface area contributed by atoms with Gasteiger partial charge in [0.15, 0.2) is 11.4 Å². The SMILES string of the molecule is COc1ccc2c(c1)C(O)(CC(=O)c1ccc([N+](=O)[O-])cc1)C(=O)N2. The molecule has 8 heteroatoms. The van der Waals surface area contributed by atoms with Crippen LogP contribution in [-0.2, 0) is 10.4 Å². The highest BCUT2D eigenvalue weighted by molar-refractivity contribution is 6.09. The Balaban J connectivity index is 1.90. The third-order valence-electron chi connectivity index (χ3n) is 4.11. The van der Waals surface area contributed by atoms with Gasteiger partial charge in [-0.05, 0) is 30.3 Å². The van der Waals surface area contributed by atoms with Gasteiger partial charge in [0, 0.05) is 28.9 Å². The first kappa shape index (κ1) is 16.6. The van der Waals surface area contributed by atoms with Crippen molar-refractivity contribution < 1.29 is 24.4 Å². The maximum Gasteiger partial charge on any atom is 0.269 e. The Kier molecular flexibility index (Phi) is 3.97. The number of anilines is 1. The summed E-state index contributed by atoms with van der Waals surface area (Å²) in [6, 6.07) is 9.69. The summed E-state index contributed by atoms with van der Waals surface area (Å²) in [6.45, 7) is 0. The molecular formula is C17H14N2O6. The molecule has 2 aromatic rings. The number of nitro benzene ring substituents is 1. The van der Waals surface area contributed by atoms with E-state index in [0.29, 0.717) is 11.4 Å². The smallest absolute Gasteiger partial charge is 0.269 e. The Bertz CT molecular complexity index is 877. The van der Waals surface area contributed by atoms with Crippen LogP contribution in [0.25, 0.3) is 0 Å². The molecule has 3 rings (SSSR count). The first-order chi connectivity index (χ1) is 11.8. The normalized spacial score (nSPS) is 18.4. The molecular weight excluding hydrogens is 328 g/mol. The number of ether oxygens (including phenoxy) is 1. The number of methoxy groups -OCH3 is 1. The van der Waals surface area contributed by atoms with E-state index < -0.39 is 28.6 Å². The Morgan fingerprint density at radius 1 is 1.28 bits per heavy atom. The van der Waals surface area contributed by atoms with Crippen LogP contribution in [0.3, 0.4) is 0 Å². The van der Waals surface area contributed by atoms with Crippen molar-refractivity contribution in [3.8, 4) is 5.75 Å². The molecule has 8 nitrogen and oxygen atoms in total. The van der Waals surface area contributed by atoms with Crippen molar-refractivity contribution in [2.45, 2.75) is 12.0 Å². The molecule has 1 atom stereocenters. The molecule has 2 N–H and O–H groups in total. The quantitative estimate of drug-likeness (QED) is 0.487. The van der Waals surface area contributed by atoms with Gasteiger partial charge in [0.1, 0.15) is 5.75 Å². The van der Waals surface area contributed by atoms with Gasteiger partial charge >= 0.3 is 0 Å². The summed E-state index contributed by atoms with van der Waals surface area (Å²) in [5.41, 5.74) is -1.34. The Morgan fingerprint density at radius 3 is 2.56 bits per heavy atom. The topological polar surface area (TPSA) is 119 Å². The zero-order valence-corrected chi connectivity index (χ0v) is 13.2. The number of aliphatic hydroxyl groups is 1. The number of ketones is 1. The predicted molar refractivity (Wildman–Crippen MR) is 87.6 cm³/mol. The van der Waals surface area contributed by atoms with Gasteiger partial charge in [-0.15, -0.1) is 0 Å². The number of nitrogens with zero attached hydrogens (tertiary/aromatic N) is 1. The number of carbonyl (C=O) groups excluding carboxylic acids is 2. The highest BCUT2D eigenvalue weighted by Gasteiger charge is 2.47. The third kappa shape index (κ3) is 2.83. The van der Waals surface area contributed by atoms with Crippen molar-refractivity contribution >= 4 is 23.1 Å². The van der Waals surface area contributed by atoms with Gasteiger partial charge in [-0.2, -0.15) is 0 Å². The van der Waals surface area contributed by atoms with Crippen LogP contribution < -0.4 is 10.1 Å². The summed E-state index contributed by atoms with van der Waals surface area (Å²) >= 11 is 0. The second kappa shape index (κ2) is 5.99. The Morgan fingerprint density at radius 2 is 1.96 bits per heavy atom. The van der Waals surface area contributed by atoms with E-state index in [-0.39, 0.29) is 16.8 Å². The monoisotopic (exact) mass is 342 g/mol. The van der Waals surface area contributed by atoms with E-state index in [9.17, 15) is 24.8 Å². The summed E-state index contributed by atoms with van der Waals surface area (Å²) < 4.78 is 5.09. The fraction of sp³-hybridized carbons (Fsp3) is 0.176. The van der Waals surface area contributed by atoms with Crippen LogP contribution in [0, 0.1) is 10.1 Å². The molecule has 1 amide bonds. The minimum absolute atomic E-state index is 0.149. The van der Waals surface area contributed by atoms with Crippen molar-refractivity contribution in [1.82, 2.24) is 0 Å². The van der Waals surface area contributed by atoms with Gasteiger partial charge < -0.3 is 15.2 Å². The molecule has 1 unspecified atom stereocenters. The highest BCUT2D eigenvalue weighted by atomic mass is 16.6. The van der Waals surface area contributed by atoms with Crippen LogP contribution in [0.2, 0.25) is 0 Å². The van der Waals surface area contributed by atoms with Crippen molar-refractivity contribution in [2.24, 2.45) is 0 Å². The number of benzene rings is 2. The van der Waals surface area contributed by atoms with E-state index in [2.05, 4.69) is 5.32 Å². The number of rotatable bonds is 5. The lowest BCUT2D eigenvalue weighted by molar-refractivity contribution is -0.384. The van der Waals surface area contributed by atoms with Crippen LogP contribution in [0.1, 0.15) is 22.3 Å². The van der Waals surface area contributed by atoms with Crippen molar-refractivity contribution in [1.29, 1.82) is 0 Å². The van der Waals surface area contributed by atoms with Crippen molar-refractivity contribution in [2.75, 3.05) is 12.4 Å². The minimum Gasteiger partial charge on any atom is -0.497 e. The molecule has 0 saturated heterocycles. The second-order valence-corrected chi connectivity index (χ2v) is 5.63. The first-order valence-corrected chi connectivity index (χ1v) is 7.35. The Hall–Kier alpha value is -3.26. The lowest BCUT2D eigenvalue weighted by Gasteiger charge is -2.20. The molecule has 1 aliphatic rings. The number of Topliss-reactive ketones (excluding diaryl/α,β-unsaturated/α-hetero) is 1. The number of nitro groups is 1. The van der Waals surface area contributed by atoms with E-state index in [1.54, 1.807) is 12.1 Å². The molecule has 0 radical (unpaired) electrons. The predicted octanol–water partition coefficient (Wildman–Crippen LogP) is 2.02. The molecule has 1 heterocycles. The number of hydrogen-bond donors (Lipinski definition) is 2. The third-order valence-corrected chi connectivity index (χ3v) is 4.11. The molecule has 0 bridgehead atoms. The summed E-state index contributed by atoms with van der Waals surface area (Å²) in [7, 11) is 1.45. The summed E-state index contributed by atoms with van der Waals surface area (Å²) in [5.74, 6) is -0.773. The van der Waals surface area contributed by atoms with Gasteiger partial charge in [0.05, 0.1) is 18.5 Å². The number of hydrogen-bond acceptors (Lipinski definition) is 6. The first-order valence-electron chi connectivity index (χ1n) is 7.35. The fourth-order valence-electron chi connectivity index (χ4n) is 2.73. The molecule has 0 spiro atoms. The average molecular weight is 342 g/mol. The summed E-state index contributed by atoms with van der Waals surface area (Å²) in [5, 5.41) is 24.0. The molecule has 0 aromatic heterocycles. The van der Waals surface area contributed by atoms with Gasteiger partial charge in [-0.3, -0.25) is 19.7 Å². The van der Waals surface area contributed by atoms with Gasteiger partial charge in [-0.1, -0.05) is 0 Å². The largest absolute Gasteiger partial charge is 0.497 e. The van der Waals surface area contributed by atoms with E-state index in [4.69, 9.17) is 4.74 Å². The van der Waals surface area contributed by atoms with Crippen molar-refractivity contribution in [3.05, 3.63) is 63.7 Å². The second-order valence-electron chi connectivity index (χ2n) is 5.63. The van der Waals surface area contributed by atoms with E-state index >= 15 is 0 Å². The zero-order valence-electron chi connectivity index (χ0n) is 13.2. The van der Waals surface area contributed by atoms with Crippen LogP contribution in [-0.4, -0.2) is 28.8 Å². The summed E-state index contributed by atoms with van der Waals surface area (Å²) in [4.78, 5) is 34.8. The molecule has 0 saturated carbocycles. The molecule has 25 heavy (non-hydrogen) atoms. The lowest BCUT2D eigenvalue weighted by atomic mass is 9.88. The van der Waals surface area contributed by atoms with Crippen molar-refractivity contribution in [3.63, 3.8) is 0 Å². The maximum absolute atomic E-state index is 12.5. The van der Waals surface area contributed by atoms with Gasteiger partial charge in [0.2, 0.25) is 0 Å². The number of amides is 1. The molecule has 0 aliphatic carbocycles. The minimum atomic E-state index is -2.03. The molecule has 128 valence electrons. The van der Waals surface area contributed by atoms with Crippen LogP contribution in [0.15, 0.2) is 42.5 Å². The van der Waals surface area contributed by atoms with E-state index in [1.807, 2.05) is 0 Å². The fourth-order valence-corrected chi connectivity index (χ4v) is 2.73. The average Bonchev–Trinajstić information content (AvgIpc) is 2.85. The zero-order chi connectivity index (χ0) is 18.2. The van der Waals surface area contributed by atoms with E-state index in [1.165, 1.54) is 37.4 Å². The van der Waals surface area contributed by atoms with Crippen LogP contribution in [0.4, 0.5) is 11.4 Å².